The molecule has 1 amide bonds. The first-order valence-electron chi connectivity index (χ1n) is 10.4. The van der Waals surface area contributed by atoms with Crippen LogP contribution in [-0.2, 0) is 14.3 Å². The second-order valence-corrected chi connectivity index (χ2v) is 9.84. The molecule has 4 rings (SSSR count). The molecule has 1 heterocycles. The van der Waals surface area contributed by atoms with Crippen molar-refractivity contribution in [2.45, 2.75) is 33.1 Å². The van der Waals surface area contributed by atoms with Crippen molar-refractivity contribution in [2.75, 3.05) is 11.9 Å². The number of aliphatic carboxylic acids is 1. The normalized spacial score (nSPS) is 24.2. The molecule has 0 unspecified atom stereocenters. The van der Waals surface area contributed by atoms with E-state index in [0.29, 0.717) is 21.2 Å². The number of benzene rings is 1. The number of carboxylic acids is 1. The van der Waals surface area contributed by atoms with E-state index in [0.717, 1.165) is 29.7 Å². The third-order valence-corrected chi connectivity index (χ3v) is 7.71. The number of carboxylic acid groups (broad SMARTS) is 1. The molecule has 164 valence electrons. The van der Waals surface area contributed by atoms with Gasteiger partial charge < -0.3 is 15.2 Å². The standard InChI is InChI=1S/C23H24ClNO5S/c1-3-30-23(29)19-16(12-6-8-15(24)9-7-12)11(2)31-21(19)25-20(26)17-13-4-5-14(10-13)18(17)22(27)28/h6-9,13-14,17-18H,3-5,10H2,1-2H3,(H,25,26)(H,27,28)/t13-,14-,17+,18+/m0/s1. The summed E-state index contributed by atoms with van der Waals surface area (Å²) in [6.07, 6.45) is 2.51. The smallest absolute Gasteiger partial charge is 0.341 e. The van der Waals surface area contributed by atoms with E-state index in [1.807, 2.05) is 19.1 Å². The van der Waals surface area contributed by atoms with Crippen molar-refractivity contribution in [1.82, 2.24) is 0 Å². The van der Waals surface area contributed by atoms with Gasteiger partial charge in [-0.25, -0.2) is 4.79 Å². The Hall–Kier alpha value is -2.38. The minimum atomic E-state index is -0.915. The second-order valence-electron chi connectivity index (χ2n) is 8.18. The van der Waals surface area contributed by atoms with Gasteiger partial charge in [0.15, 0.2) is 0 Å². The van der Waals surface area contributed by atoms with Crippen molar-refractivity contribution >= 4 is 45.8 Å². The fourth-order valence-corrected chi connectivity index (χ4v) is 6.41. The zero-order valence-electron chi connectivity index (χ0n) is 17.3. The third kappa shape index (κ3) is 3.96. The van der Waals surface area contributed by atoms with Crippen molar-refractivity contribution in [3.63, 3.8) is 0 Å². The van der Waals surface area contributed by atoms with Crippen LogP contribution in [0.25, 0.3) is 11.1 Å². The number of amides is 1. The number of esters is 1. The summed E-state index contributed by atoms with van der Waals surface area (Å²) in [5.74, 6) is -2.87. The monoisotopic (exact) mass is 461 g/mol. The van der Waals surface area contributed by atoms with Crippen LogP contribution in [0.4, 0.5) is 5.00 Å². The molecule has 4 atom stereocenters. The Kier molecular flexibility index (Phi) is 6.08. The Morgan fingerprint density at radius 2 is 1.81 bits per heavy atom. The highest BCUT2D eigenvalue weighted by atomic mass is 35.5. The number of nitrogens with one attached hydrogen (secondary N) is 1. The van der Waals surface area contributed by atoms with E-state index in [1.165, 1.54) is 11.3 Å². The summed E-state index contributed by atoms with van der Waals surface area (Å²) in [5, 5.41) is 13.6. The lowest BCUT2D eigenvalue weighted by Crippen LogP contribution is -2.37. The molecule has 31 heavy (non-hydrogen) atoms. The molecule has 0 spiro atoms. The minimum absolute atomic E-state index is 0.0532. The fraction of sp³-hybridized carbons (Fsp3) is 0.435. The third-order valence-electron chi connectivity index (χ3n) is 6.44. The maximum Gasteiger partial charge on any atom is 0.341 e. The molecule has 6 nitrogen and oxygen atoms in total. The van der Waals surface area contributed by atoms with Gasteiger partial charge in [-0.3, -0.25) is 9.59 Å². The summed E-state index contributed by atoms with van der Waals surface area (Å²) >= 11 is 7.31. The van der Waals surface area contributed by atoms with Gasteiger partial charge in [0.2, 0.25) is 5.91 Å². The minimum Gasteiger partial charge on any atom is -0.481 e. The lowest BCUT2D eigenvalue weighted by atomic mass is 9.78. The Labute approximate surface area is 189 Å². The second kappa shape index (κ2) is 8.63. The van der Waals surface area contributed by atoms with Gasteiger partial charge >= 0.3 is 11.9 Å². The number of aryl methyl sites for hydroxylation is 1. The first kappa shape index (κ1) is 21.8. The number of rotatable bonds is 6. The van der Waals surface area contributed by atoms with Gasteiger partial charge in [0.1, 0.15) is 10.6 Å². The average Bonchev–Trinajstić information content (AvgIpc) is 3.41. The van der Waals surface area contributed by atoms with Crippen LogP contribution in [0.5, 0.6) is 0 Å². The van der Waals surface area contributed by atoms with Gasteiger partial charge in [-0.2, -0.15) is 0 Å². The van der Waals surface area contributed by atoms with E-state index in [2.05, 4.69) is 5.32 Å². The molecule has 0 saturated heterocycles. The van der Waals surface area contributed by atoms with Crippen LogP contribution in [0, 0.1) is 30.6 Å². The van der Waals surface area contributed by atoms with Crippen molar-refractivity contribution in [2.24, 2.45) is 23.7 Å². The molecule has 2 aliphatic rings. The summed E-state index contributed by atoms with van der Waals surface area (Å²) in [5.41, 5.74) is 1.79. The molecule has 0 aliphatic heterocycles. The van der Waals surface area contributed by atoms with E-state index >= 15 is 0 Å². The van der Waals surface area contributed by atoms with Gasteiger partial charge in [0.25, 0.3) is 0 Å². The van der Waals surface area contributed by atoms with Crippen LogP contribution < -0.4 is 5.32 Å². The number of thiophene rings is 1. The van der Waals surface area contributed by atoms with Crippen LogP contribution in [-0.4, -0.2) is 29.6 Å². The molecule has 1 aromatic carbocycles. The number of hydrogen-bond donors (Lipinski definition) is 2. The molecular formula is C23H24ClNO5S. The van der Waals surface area contributed by atoms with Crippen molar-refractivity contribution in [3.05, 3.63) is 39.7 Å². The average molecular weight is 462 g/mol. The highest BCUT2D eigenvalue weighted by molar-refractivity contribution is 7.17. The largest absolute Gasteiger partial charge is 0.481 e. The van der Waals surface area contributed by atoms with E-state index < -0.39 is 23.8 Å². The Morgan fingerprint density at radius 1 is 1.16 bits per heavy atom. The zero-order chi connectivity index (χ0) is 22.3. The first-order valence-corrected chi connectivity index (χ1v) is 11.6. The zero-order valence-corrected chi connectivity index (χ0v) is 18.9. The predicted octanol–water partition coefficient (Wildman–Crippen LogP) is 5.24. The van der Waals surface area contributed by atoms with Crippen LogP contribution in [0.15, 0.2) is 24.3 Å². The molecule has 8 heteroatoms. The van der Waals surface area contributed by atoms with Crippen molar-refractivity contribution in [3.8, 4) is 11.1 Å². The van der Waals surface area contributed by atoms with Crippen molar-refractivity contribution in [1.29, 1.82) is 0 Å². The molecule has 1 aromatic heterocycles. The Bertz CT molecular complexity index is 1030. The molecule has 2 bridgehead atoms. The molecule has 2 aliphatic carbocycles. The number of fused-ring (bicyclic) bond motifs is 2. The lowest BCUT2D eigenvalue weighted by molar-refractivity contribution is -0.148. The van der Waals surface area contributed by atoms with Gasteiger partial charge in [0, 0.05) is 15.5 Å². The van der Waals surface area contributed by atoms with Gasteiger partial charge in [-0.05, 0) is 62.6 Å². The van der Waals surface area contributed by atoms with Gasteiger partial charge in [-0.15, -0.1) is 11.3 Å². The number of hydrogen-bond acceptors (Lipinski definition) is 5. The summed E-state index contributed by atoms with van der Waals surface area (Å²) in [6, 6.07) is 7.13. The van der Waals surface area contributed by atoms with Crippen molar-refractivity contribution < 1.29 is 24.2 Å². The molecule has 2 saturated carbocycles. The SMILES string of the molecule is CCOC(=O)c1c(NC(=O)[C@@H]2[C@H]3CC[C@@H](C3)[C@H]2C(=O)O)sc(C)c1-c1ccc(Cl)cc1. The topological polar surface area (TPSA) is 92.7 Å². The number of halogens is 1. The molecule has 2 fully saturated rings. The molecule has 0 radical (unpaired) electrons. The maximum atomic E-state index is 13.2. The number of carbonyl (C=O) groups is 3. The quantitative estimate of drug-likeness (QED) is 0.574. The highest BCUT2D eigenvalue weighted by Gasteiger charge is 2.54. The van der Waals surface area contributed by atoms with Crippen LogP contribution >= 0.6 is 22.9 Å². The number of anilines is 1. The molecule has 2 aromatic rings. The highest BCUT2D eigenvalue weighted by Crippen LogP contribution is 2.53. The fourth-order valence-electron chi connectivity index (χ4n) is 5.21. The summed E-state index contributed by atoms with van der Waals surface area (Å²) in [6.45, 7) is 3.81. The van der Waals surface area contributed by atoms with E-state index in [4.69, 9.17) is 16.3 Å². The van der Waals surface area contributed by atoms with E-state index in [1.54, 1.807) is 19.1 Å². The summed E-state index contributed by atoms with van der Waals surface area (Å²) in [7, 11) is 0. The van der Waals surface area contributed by atoms with Crippen LogP contribution in [0.1, 0.15) is 41.4 Å². The maximum absolute atomic E-state index is 13.2. The Morgan fingerprint density at radius 3 is 2.42 bits per heavy atom. The first-order chi connectivity index (χ1) is 14.8. The Balaban J connectivity index is 1.70. The van der Waals surface area contributed by atoms with E-state index in [-0.39, 0.29) is 24.3 Å². The summed E-state index contributed by atoms with van der Waals surface area (Å²) in [4.78, 5) is 38.8. The van der Waals surface area contributed by atoms with Crippen LogP contribution in [0.3, 0.4) is 0 Å². The van der Waals surface area contributed by atoms with Crippen LogP contribution in [0.2, 0.25) is 5.02 Å². The summed E-state index contributed by atoms with van der Waals surface area (Å²) < 4.78 is 5.28. The lowest BCUT2D eigenvalue weighted by Gasteiger charge is -2.26. The van der Waals surface area contributed by atoms with Gasteiger partial charge in [-0.1, -0.05) is 23.7 Å². The number of carbonyl (C=O) groups excluding carboxylic acids is 2. The molecular weight excluding hydrogens is 438 g/mol. The van der Waals surface area contributed by atoms with E-state index in [9.17, 15) is 19.5 Å². The number of ether oxygens (including phenoxy) is 1. The van der Waals surface area contributed by atoms with Gasteiger partial charge in [0.05, 0.1) is 18.4 Å². The molecule has 2 N–H and O–H groups in total. The predicted molar refractivity (Wildman–Crippen MR) is 120 cm³/mol.